The lowest BCUT2D eigenvalue weighted by Crippen LogP contribution is -2.04. The molecule has 0 aliphatic carbocycles. The molecule has 1 atom stereocenters. The Morgan fingerprint density at radius 3 is 2.26 bits per heavy atom. The molecule has 19 heavy (non-hydrogen) atoms. The molecule has 0 aliphatic heterocycles. The van der Waals surface area contributed by atoms with E-state index in [2.05, 4.69) is 74.8 Å². The Morgan fingerprint density at radius 2 is 1.68 bits per heavy atom. The van der Waals surface area contributed by atoms with E-state index in [1.54, 1.807) is 0 Å². The molecule has 0 aliphatic rings. The Morgan fingerprint density at radius 1 is 1.05 bits per heavy atom. The van der Waals surface area contributed by atoms with E-state index >= 15 is 0 Å². The zero-order valence-corrected chi connectivity index (χ0v) is 14.2. The summed E-state index contributed by atoms with van der Waals surface area (Å²) in [6, 6.07) is 10.4. The molecule has 0 radical (unpaired) electrons. The average Bonchev–Trinajstić information content (AvgIpc) is 2.38. The molecule has 0 saturated heterocycles. The topological polar surface area (TPSA) is 12.9 Å². The quantitative estimate of drug-likeness (QED) is 0.644. The van der Waals surface area contributed by atoms with E-state index in [0.29, 0.717) is 11.8 Å². The standard InChI is InChI=1S/C14H16BrN.C3H8/c1-9(2)10(3)13-8-7-11-12(15)5-4-6-14(11)16-13;1-3-2/h4-10H,1-3H3;3H2,1-2H3. The van der Waals surface area contributed by atoms with Gasteiger partial charge in [-0.3, -0.25) is 4.98 Å². The monoisotopic (exact) mass is 321 g/mol. The second-order valence-electron chi connectivity index (χ2n) is 5.28. The van der Waals surface area contributed by atoms with Gasteiger partial charge in [-0.1, -0.05) is 63.0 Å². The van der Waals surface area contributed by atoms with Gasteiger partial charge in [0, 0.05) is 21.5 Å². The minimum absolute atomic E-state index is 0.503. The third-order valence-electron chi connectivity index (χ3n) is 3.17. The van der Waals surface area contributed by atoms with Gasteiger partial charge < -0.3 is 0 Å². The minimum Gasteiger partial charge on any atom is -0.253 e. The molecular formula is C17H24BrN. The van der Waals surface area contributed by atoms with Crippen molar-refractivity contribution in [3.63, 3.8) is 0 Å². The number of hydrogen-bond donors (Lipinski definition) is 0. The van der Waals surface area contributed by atoms with Gasteiger partial charge in [0.1, 0.15) is 0 Å². The third-order valence-corrected chi connectivity index (χ3v) is 3.86. The predicted octanol–water partition coefficient (Wildman–Crippen LogP) is 6.17. The first kappa shape index (κ1) is 16.2. The maximum atomic E-state index is 4.73. The van der Waals surface area contributed by atoms with Gasteiger partial charge in [0.25, 0.3) is 0 Å². The Labute approximate surface area is 125 Å². The van der Waals surface area contributed by atoms with Gasteiger partial charge in [-0.15, -0.1) is 0 Å². The Hall–Kier alpha value is -0.890. The molecule has 0 bridgehead atoms. The molecule has 2 rings (SSSR count). The van der Waals surface area contributed by atoms with Crippen LogP contribution in [-0.4, -0.2) is 4.98 Å². The summed E-state index contributed by atoms with van der Waals surface area (Å²) in [4.78, 5) is 4.73. The molecule has 0 saturated carbocycles. The number of aromatic nitrogens is 1. The summed E-state index contributed by atoms with van der Waals surface area (Å²) >= 11 is 3.55. The van der Waals surface area contributed by atoms with Crippen molar-refractivity contribution in [2.45, 2.75) is 47.0 Å². The molecule has 1 nitrogen and oxygen atoms in total. The van der Waals surface area contributed by atoms with Crippen LogP contribution in [0.1, 0.15) is 52.7 Å². The molecule has 2 heteroatoms. The van der Waals surface area contributed by atoms with Gasteiger partial charge in [0.2, 0.25) is 0 Å². The highest BCUT2D eigenvalue weighted by Gasteiger charge is 2.12. The van der Waals surface area contributed by atoms with E-state index in [1.165, 1.54) is 17.5 Å². The van der Waals surface area contributed by atoms with E-state index < -0.39 is 0 Å². The van der Waals surface area contributed by atoms with Crippen LogP contribution < -0.4 is 0 Å². The molecule has 1 aromatic carbocycles. The minimum atomic E-state index is 0.503. The second-order valence-corrected chi connectivity index (χ2v) is 6.14. The van der Waals surface area contributed by atoms with Crippen LogP contribution in [0, 0.1) is 5.92 Å². The van der Waals surface area contributed by atoms with Crippen LogP contribution >= 0.6 is 15.9 Å². The van der Waals surface area contributed by atoms with E-state index in [1.807, 2.05) is 6.07 Å². The summed E-state index contributed by atoms with van der Waals surface area (Å²) in [6.45, 7) is 11.0. The highest BCUT2D eigenvalue weighted by atomic mass is 79.9. The van der Waals surface area contributed by atoms with Crippen molar-refractivity contribution in [3.8, 4) is 0 Å². The molecule has 0 N–H and O–H groups in total. The Balaban J connectivity index is 0.000000550. The van der Waals surface area contributed by atoms with Crippen LogP contribution in [0.15, 0.2) is 34.8 Å². The Kier molecular flexibility index (Phi) is 6.50. The van der Waals surface area contributed by atoms with Crippen molar-refractivity contribution < 1.29 is 0 Å². The van der Waals surface area contributed by atoms with E-state index in [9.17, 15) is 0 Å². The van der Waals surface area contributed by atoms with Crippen molar-refractivity contribution >= 4 is 26.8 Å². The zero-order chi connectivity index (χ0) is 14.4. The van der Waals surface area contributed by atoms with Gasteiger partial charge in [-0.2, -0.15) is 0 Å². The smallest absolute Gasteiger partial charge is 0.0716 e. The fourth-order valence-electron chi connectivity index (χ4n) is 1.73. The number of nitrogens with zero attached hydrogens (tertiary/aromatic N) is 1. The van der Waals surface area contributed by atoms with Crippen LogP contribution in [0.3, 0.4) is 0 Å². The fourth-order valence-corrected chi connectivity index (χ4v) is 2.22. The lowest BCUT2D eigenvalue weighted by atomic mass is 9.94. The van der Waals surface area contributed by atoms with Crippen molar-refractivity contribution in [3.05, 3.63) is 40.5 Å². The second kappa shape index (κ2) is 7.64. The van der Waals surface area contributed by atoms with Crippen LogP contribution in [0.5, 0.6) is 0 Å². The number of rotatable bonds is 2. The molecular weight excluding hydrogens is 298 g/mol. The average molecular weight is 322 g/mol. The maximum Gasteiger partial charge on any atom is 0.0716 e. The molecule has 0 spiro atoms. The summed E-state index contributed by atoms with van der Waals surface area (Å²) in [6.07, 6.45) is 1.25. The molecule has 2 aromatic rings. The van der Waals surface area contributed by atoms with E-state index in [-0.39, 0.29) is 0 Å². The maximum absolute atomic E-state index is 4.73. The number of benzene rings is 1. The first-order valence-electron chi connectivity index (χ1n) is 7.06. The molecule has 0 amide bonds. The lowest BCUT2D eigenvalue weighted by Gasteiger charge is -2.15. The molecule has 104 valence electrons. The first-order chi connectivity index (χ1) is 9.01. The normalized spacial score (nSPS) is 12.2. The van der Waals surface area contributed by atoms with Crippen molar-refractivity contribution in [1.29, 1.82) is 0 Å². The summed E-state index contributed by atoms with van der Waals surface area (Å²) in [5, 5.41) is 1.18. The highest BCUT2D eigenvalue weighted by molar-refractivity contribution is 9.10. The molecule has 0 fully saturated rings. The first-order valence-corrected chi connectivity index (χ1v) is 7.85. The van der Waals surface area contributed by atoms with E-state index in [4.69, 9.17) is 4.98 Å². The third kappa shape index (κ3) is 4.31. The van der Waals surface area contributed by atoms with Gasteiger partial charge in [-0.05, 0) is 30.2 Å². The van der Waals surface area contributed by atoms with Gasteiger partial charge in [-0.25, -0.2) is 0 Å². The van der Waals surface area contributed by atoms with Crippen molar-refractivity contribution in [2.24, 2.45) is 5.92 Å². The highest BCUT2D eigenvalue weighted by Crippen LogP contribution is 2.27. The molecule has 1 aromatic heterocycles. The largest absolute Gasteiger partial charge is 0.253 e. The summed E-state index contributed by atoms with van der Waals surface area (Å²) in [5.41, 5.74) is 2.25. The van der Waals surface area contributed by atoms with Crippen LogP contribution in [0.2, 0.25) is 0 Å². The number of halogens is 1. The lowest BCUT2D eigenvalue weighted by molar-refractivity contribution is 0.525. The SMILES string of the molecule is CC(C)C(C)c1ccc2c(Br)cccc2n1.CCC. The van der Waals surface area contributed by atoms with Crippen LogP contribution in [0.4, 0.5) is 0 Å². The zero-order valence-electron chi connectivity index (χ0n) is 12.6. The van der Waals surface area contributed by atoms with Crippen molar-refractivity contribution in [1.82, 2.24) is 4.98 Å². The fraction of sp³-hybridized carbons (Fsp3) is 0.471. The van der Waals surface area contributed by atoms with Gasteiger partial charge in [0.15, 0.2) is 0 Å². The molecule has 1 unspecified atom stereocenters. The number of pyridine rings is 1. The summed E-state index contributed by atoms with van der Waals surface area (Å²) in [7, 11) is 0. The number of fused-ring (bicyclic) bond motifs is 1. The van der Waals surface area contributed by atoms with Crippen LogP contribution in [-0.2, 0) is 0 Å². The van der Waals surface area contributed by atoms with Gasteiger partial charge in [0.05, 0.1) is 5.52 Å². The van der Waals surface area contributed by atoms with Gasteiger partial charge >= 0.3 is 0 Å². The summed E-state index contributed by atoms with van der Waals surface area (Å²) < 4.78 is 1.11. The predicted molar refractivity (Wildman–Crippen MR) is 88.7 cm³/mol. The molecule has 1 heterocycles. The summed E-state index contributed by atoms with van der Waals surface area (Å²) in [5.74, 6) is 1.13. The van der Waals surface area contributed by atoms with E-state index in [0.717, 1.165) is 9.99 Å². The Bertz CT molecular complexity index is 520. The number of hydrogen-bond acceptors (Lipinski definition) is 1. The van der Waals surface area contributed by atoms with Crippen molar-refractivity contribution in [2.75, 3.05) is 0 Å². The van der Waals surface area contributed by atoms with Crippen LogP contribution in [0.25, 0.3) is 10.9 Å².